The van der Waals surface area contributed by atoms with Crippen LogP contribution in [-0.4, -0.2) is 52.8 Å². The number of aliphatic hydroxyl groups is 3. The van der Waals surface area contributed by atoms with Crippen molar-refractivity contribution in [2.75, 3.05) is 13.2 Å². The molecule has 6 N–H and O–H groups in total. The minimum atomic E-state index is -0.909. The highest BCUT2D eigenvalue weighted by molar-refractivity contribution is 4.98. The zero-order chi connectivity index (χ0) is 8.43. The zero-order valence-electron chi connectivity index (χ0n) is 6.14. The normalized spacial score (nSPS) is 44.7. The Labute approximate surface area is 64.8 Å². The minimum absolute atomic E-state index is 0.186. The van der Waals surface area contributed by atoms with Crippen LogP contribution in [0.3, 0.4) is 0 Å². The van der Waals surface area contributed by atoms with Gasteiger partial charge in [-0.2, -0.15) is 0 Å². The van der Waals surface area contributed by atoms with Gasteiger partial charge in [-0.25, -0.2) is 0 Å². The van der Waals surface area contributed by atoms with Gasteiger partial charge in [0.05, 0.1) is 24.9 Å². The van der Waals surface area contributed by atoms with Gasteiger partial charge in [0.15, 0.2) is 0 Å². The summed E-state index contributed by atoms with van der Waals surface area (Å²) >= 11 is 0. The van der Waals surface area contributed by atoms with Gasteiger partial charge in [-0.05, 0) is 0 Å². The Balaban J connectivity index is 2.53. The topological polar surface area (TPSA) is 98.7 Å². The molecule has 0 unspecified atom stereocenters. The van der Waals surface area contributed by atoms with Crippen molar-refractivity contribution in [3.05, 3.63) is 0 Å². The number of nitrogens with two attached hydrogens (primary N) is 1. The summed E-state index contributed by atoms with van der Waals surface area (Å²) in [7, 11) is 0. The molecule has 1 saturated heterocycles. The fourth-order valence-corrected chi connectivity index (χ4v) is 1.32. The fraction of sp³-hybridized carbons (Fsp3) is 1.00. The van der Waals surface area contributed by atoms with Crippen molar-refractivity contribution in [1.82, 2.24) is 5.32 Å². The Kier molecular flexibility index (Phi) is 2.80. The lowest BCUT2D eigenvalue weighted by molar-refractivity contribution is 0.0205. The maximum absolute atomic E-state index is 9.26. The van der Waals surface area contributed by atoms with Crippen LogP contribution in [0.25, 0.3) is 0 Å². The van der Waals surface area contributed by atoms with Gasteiger partial charge < -0.3 is 26.4 Å². The number of hydrogen-bond acceptors (Lipinski definition) is 5. The number of hydrogen-bond donors (Lipinski definition) is 5. The van der Waals surface area contributed by atoms with Crippen LogP contribution in [-0.2, 0) is 0 Å². The monoisotopic (exact) mass is 162 g/mol. The molecule has 1 aliphatic rings. The van der Waals surface area contributed by atoms with Gasteiger partial charge in [-0.3, -0.25) is 0 Å². The van der Waals surface area contributed by atoms with Gasteiger partial charge in [0.25, 0.3) is 0 Å². The highest BCUT2D eigenvalue weighted by atomic mass is 16.3. The second kappa shape index (κ2) is 3.46. The zero-order valence-corrected chi connectivity index (χ0v) is 6.14. The summed E-state index contributed by atoms with van der Waals surface area (Å²) in [6, 6.07) is -0.749. The van der Waals surface area contributed by atoms with Gasteiger partial charge in [0, 0.05) is 12.6 Å². The summed E-state index contributed by atoms with van der Waals surface area (Å²) in [6.07, 6.45) is -1.77. The molecular weight excluding hydrogens is 148 g/mol. The van der Waals surface area contributed by atoms with Gasteiger partial charge in [-0.15, -0.1) is 0 Å². The molecule has 1 aliphatic heterocycles. The largest absolute Gasteiger partial charge is 0.395 e. The molecule has 0 saturated carbocycles. The second-order valence-electron chi connectivity index (χ2n) is 2.78. The molecule has 0 spiro atoms. The molecule has 5 heteroatoms. The van der Waals surface area contributed by atoms with Crippen molar-refractivity contribution < 1.29 is 15.3 Å². The minimum Gasteiger partial charge on any atom is -0.395 e. The van der Waals surface area contributed by atoms with E-state index in [1.807, 2.05) is 0 Å². The van der Waals surface area contributed by atoms with Crippen LogP contribution < -0.4 is 11.1 Å². The molecule has 1 heterocycles. The van der Waals surface area contributed by atoms with E-state index in [9.17, 15) is 10.2 Å². The first-order valence-electron chi connectivity index (χ1n) is 3.63. The van der Waals surface area contributed by atoms with Crippen LogP contribution in [0.4, 0.5) is 0 Å². The van der Waals surface area contributed by atoms with Crippen LogP contribution in [0.15, 0.2) is 0 Å². The molecule has 0 radical (unpaired) electrons. The van der Waals surface area contributed by atoms with E-state index >= 15 is 0 Å². The van der Waals surface area contributed by atoms with Gasteiger partial charge >= 0.3 is 0 Å². The first-order chi connectivity index (χ1) is 5.20. The lowest BCUT2D eigenvalue weighted by Crippen LogP contribution is -2.40. The average Bonchev–Trinajstić information content (AvgIpc) is 2.30. The van der Waals surface area contributed by atoms with E-state index in [-0.39, 0.29) is 19.2 Å². The van der Waals surface area contributed by atoms with E-state index in [1.165, 1.54) is 0 Å². The average molecular weight is 162 g/mol. The van der Waals surface area contributed by atoms with E-state index in [2.05, 4.69) is 5.32 Å². The number of nitrogens with one attached hydrogen (secondary N) is 1. The third-order valence-corrected chi connectivity index (χ3v) is 2.05. The molecule has 0 aliphatic carbocycles. The molecule has 66 valence electrons. The highest BCUT2D eigenvalue weighted by Crippen LogP contribution is 2.12. The van der Waals surface area contributed by atoms with Crippen LogP contribution in [0.1, 0.15) is 0 Å². The summed E-state index contributed by atoms with van der Waals surface area (Å²) in [5.74, 6) is 0. The van der Waals surface area contributed by atoms with Gasteiger partial charge in [0.2, 0.25) is 0 Å². The van der Waals surface area contributed by atoms with Crippen LogP contribution in [0.2, 0.25) is 0 Å². The van der Waals surface area contributed by atoms with Crippen molar-refractivity contribution >= 4 is 0 Å². The third-order valence-electron chi connectivity index (χ3n) is 2.05. The fourth-order valence-electron chi connectivity index (χ4n) is 1.32. The number of aliphatic hydroxyl groups excluding tert-OH is 3. The summed E-state index contributed by atoms with van der Waals surface area (Å²) < 4.78 is 0. The molecule has 0 aromatic heterocycles. The van der Waals surface area contributed by atoms with Crippen molar-refractivity contribution in [3.8, 4) is 0 Å². The van der Waals surface area contributed by atoms with E-state index < -0.39 is 18.2 Å². The molecule has 11 heavy (non-hydrogen) atoms. The Morgan fingerprint density at radius 1 is 1.18 bits per heavy atom. The lowest BCUT2D eigenvalue weighted by atomic mass is 10.1. The van der Waals surface area contributed by atoms with E-state index in [1.54, 1.807) is 0 Å². The summed E-state index contributed by atoms with van der Waals surface area (Å²) in [5.41, 5.74) is 5.29. The summed E-state index contributed by atoms with van der Waals surface area (Å²) in [5, 5.41) is 30.0. The van der Waals surface area contributed by atoms with Crippen molar-refractivity contribution in [2.24, 2.45) is 5.73 Å². The molecule has 0 bridgehead atoms. The molecule has 0 aromatic carbocycles. The smallest absolute Gasteiger partial charge is 0.0989 e. The molecule has 0 aromatic rings. The van der Waals surface area contributed by atoms with E-state index in [0.29, 0.717) is 0 Å². The van der Waals surface area contributed by atoms with Crippen LogP contribution >= 0.6 is 0 Å². The third kappa shape index (κ3) is 1.52. The Bertz CT molecular complexity index is 115. The Morgan fingerprint density at radius 3 is 2.00 bits per heavy atom. The standard InChI is InChI=1S/C6H14N2O3/c7-1-3-5(10)6(11)4(2-9)8-3/h3-6,8-11H,1-2,7H2/t3-,4+,5+,6+/m0/s1. The molecule has 1 fully saturated rings. The first kappa shape index (κ1) is 8.89. The van der Waals surface area contributed by atoms with Gasteiger partial charge in [0.1, 0.15) is 0 Å². The predicted octanol–water partition coefficient (Wildman–Crippen LogP) is -3.00. The van der Waals surface area contributed by atoms with Crippen molar-refractivity contribution in [2.45, 2.75) is 24.3 Å². The predicted molar refractivity (Wildman–Crippen MR) is 38.9 cm³/mol. The Morgan fingerprint density at radius 2 is 1.73 bits per heavy atom. The van der Waals surface area contributed by atoms with E-state index in [4.69, 9.17) is 10.8 Å². The number of rotatable bonds is 2. The summed E-state index contributed by atoms with van der Waals surface area (Å²) in [6.45, 7) is 0.0729. The molecular formula is C6H14N2O3. The Hall–Kier alpha value is -0.200. The SMILES string of the molecule is NC[C@@H]1N[C@H](CO)[C@@H](O)[C@@H]1O. The molecule has 4 atom stereocenters. The van der Waals surface area contributed by atoms with Crippen molar-refractivity contribution in [1.29, 1.82) is 0 Å². The first-order valence-corrected chi connectivity index (χ1v) is 3.63. The van der Waals surface area contributed by atoms with Crippen LogP contribution in [0.5, 0.6) is 0 Å². The maximum Gasteiger partial charge on any atom is 0.0989 e. The maximum atomic E-state index is 9.26. The second-order valence-corrected chi connectivity index (χ2v) is 2.78. The lowest BCUT2D eigenvalue weighted by Gasteiger charge is -2.12. The molecule has 0 amide bonds. The van der Waals surface area contributed by atoms with E-state index in [0.717, 1.165) is 0 Å². The van der Waals surface area contributed by atoms with Gasteiger partial charge in [-0.1, -0.05) is 0 Å². The molecule has 1 rings (SSSR count). The molecule has 5 nitrogen and oxygen atoms in total. The highest BCUT2D eigenvalue weighted by Gasteiger charge is 2.39. The quantitative estimate of drug-likeness (QED) is 0.298. The van der Waals surface area contributed by atoms with Crippen molar-refractivity contribution in [3.63, 3.8) is 0 Å². The van der Waals surface area contributed by atoms with Crippen LogP contribution in [0, 0.1) is 0 Å². The summed E-state index contributed by atoms with van der Waals surface area (Å²) in [4.78, 5) is 0.